The van der Waals surface area contributed by atoms with E-state index >= 15 is 0 Å². The van der Waals surface area contributed by atoms with Gasteiger partial charge in [0.15, 0.2) is 0 Å². The quantitative estimate of drug-likeness (QED) is 0.845. The fourth-order valence-corrected chi connectivity index (χ4v) is 2.90. The van der Waals surface area contributed by atoms with Crippen LogP contribution in [0.4, 0.5) is 0 Å². The van der Waals surface area contributed by atoms with Gasteiger partial charge in [-0.1, -0.05) is 17.7 Å². The first-order valence-electron chi connectivity index (χ1n) is 7.00. The highest BCUT2D eigenvalue weighted by molar-refractivity contribution is 7.09. The van der Waals surface area contributed by atoms with E-state index in [1.165, 1.54) is 5.56 Å². The fourth-order valence-electron chi connectivity index (χ4n) is 2.29. The number of aromatic nitrogens is 1. The van der Waals surface area contributed by atoms with Crippen molar-refractivity contribution in [1.82, 2.24) is 9.88 Å². The average Bonchev–Trinajstić information content (AvgIpc) is 3.15. The Labute approximate surface area is 123 Å². The molecule has 0 aliphatic heterocycles. The molecule has 3 rings (SSSR count). The maximum Gasteiger partial charge on any atom is 0.254 e. The molecule has 0 N–H and O–H groups in total. The molecule has 1 aromatic carbocycles. The zero-order valence-electron chi connectivity index (χ0n) is 11.6. The van der Waals surface area contributed by atoms with E-state index in [0.717, 1.165) is 36.4 Å². The fraction of sp³-hybridized carbons (Fsp3) is 0.375. The SMILES string of the molecule is Cc1ccc(C(=O)N(CCc2nccs2)C2CC2)cc1. The van der Waals surface area contributed by atoms with Gasteiger partial charge < -0.3 is 4.90 Å². The van der Waals surface area contributed by atoms with Crippen LogP contribution in [0.25, 0.3) is 0 Å². The molecule has 0 atom stereocenters. The normalized spacial score (nSPS) is 14.2. The third kappa shape index (κ3) is 3.07. The van der Waals surface area contributed by atoms with Crippen LogP contribution in [-0.2, 0) is 6.42 Å². The third-order valence-corrected chi connectivity index (χ3v) is 4.44. The van der Waals surface area contributed by atoms with Crippen LogP contribution in [0, 0.1) is 6.92 Å². The van der Waals surface area contributed by atoms with Crippen molar-refractivity contribution < 1.29 is 4.79 Å². The Morgan fingerprint density at radius 3 is 2.70 bits per heavy atom. The summed E-state index contributed by atoms with van der Waals surface area (Å²) in [5.74, 6) is 0.157. The molecule has 1 fully saturated rings. The molecule has 20 heavy (non-hydrogen) atoms. The van der Waals surface area contributed by atoms with Crippen LogP contribution in [0.2, 0.25) is 0 Å². The zero-order valence-corrected chi connectivity index (χ0v) is 12.4. The number of carbonyl (C=O) groups is 1. The summed E-state index contributed by atoms with van der Waals surface area (Å²) in [7, 11) is 0. The van der Waals surface area contributed by atoms with Crippen molar-refractivity contribution in [1.29, 1.82) is 0 Å². The molecule has 2 aromatic rings. The monoisotopic (exact) mass is 286 g/mol. The molecule has 1 amide bonds. The highest BCUT2D eigenvalue weighted by atomic mass is 32.1. The van der Waals surface area contributed by atoms with Crippen LogP contribution in [0.1, 0.15) is 33.8 Å². The smallest absolute Gasteiger partial charge is 0.254 e. The lowest BCUT2D eigenvalue weighted by Gasteiger charge is -2.22. The first-order valence-corrected chi connectivity index (χ1v) is 7.88. The summed E-state index contributed by atoms with van der Waals surface area (Å²) in [6.07, 6.45) is 4.94. The number of aryl methyl sites for hydroxylation is 1. The topological polar surface area (TPSA) is 33.2 Å². The van der Waals surface area contributed by atoms with Gasteiger partial charge in [-0.05, 0) is 31.9 Å². The van der Waals surface area contributed by atoms with E-state index in [0.29, 0.717) is 6.04 Å². The number of hydrogen-bond acceptors (Lipinski definition) is 3. The molecular formula is C16H18N2OS. The van der Waals surface area contributed by atoms with Gasteiger partial charge in [-0.25, -0.2) is 4.98 Å². The van der Waals surface area contributed by atoms with E-state index in [1.54, 1.807) is 11.3 Å². The highest BCUT2D eigenvalue weighted by Gasteiger charge is 2.32. The number of carbonyl (C=O) groups excluding carboxylic acids is 1. The Bertz CT molecular complexity index is 573. The average molecular weight is 286 g/mol. The second-order valence-corrected chi connectivity index (χ2v) is 6.25. The molecule has 0 spiro atoms. The van der Waals surface area contributed by atoms with E-state index < -0.39 is 0 Å². The Morgan fingerprint density at radius 1 is 1.35 bits per heavy atom. The van der Waals surface area contributed by atoms with Crippen molar-refractivity contribution in [3.05, 3.63) is 52.0 Å². The Morgan fingerprint density at radius 2 is 2.10 bits per heavy atom. The van der Waals surface area contributed by atoms with Gasteiger partial charge in [-0.3, -0.25) is 4.79 Å². The second kappa shape index (κ2) is 5.75. The Kier molecular flexibility index (Phi) is 3.83. The largest absolute Gasteiger partial charge is 0.335 e. The first-order chi connectivity index (χ1) is 9.74. The summed E-state index contributed by atoms with van der Waals surface area (Å²) < 4.78 is 0. The Balaban J connectivity index is 1.69. The van der Waals surface area contributed by atoms with E-state index in [4.69, 9.17) is 0 Å². The van der Waals surface area contributed by atoms with Crippen LogP contribution in [0.15, 0.2) is 35.8 Å². The van der Waals surface area contributed by atoms with E-state index in [-0.39, 0.29) is 5.91 Å². The minimum absolute atomic E-state index is 0.157. The maximum absolute atomic E-state index is 12.6. The van der Waals surface area contributed by atoms with Crippen LogP contribution < -0.4 is 0 Å². The summed E-state index contributed by atoms with van der Waals surface area (Å²) in [6.45, 7) is 2.81. The van der Waals surface area contributed by atoms with Crippen molar-refractivity contribution in [2.45, 2.75) is 32.2 Å². The predicted octanol–water partition coefficient (Wildman–Crippen LogP) is 3.30. The summed E-state index contributed by atoms with van der Waals surface area (Å²) in [6, 6.07) is 8.29. The molecule has 1 aliphatic carbocycles. The zero-order chi connectivity index (χ0) is 13.9. The number of amides is 1. The molecule has 1 aromatic heterocycles. The molecule has 1 aliphatic rings. The number of hydrogen-bond donors (Lipinski definition) is 0. The molecule has 0 saturated heterocycles. The molecule has 0 radical (unpaired) electrons. The first kappa shape index (κ1) is 13.3. The van der Waals surface area contributed by atoms with Crippen molar-refractivity contribution in [2.24, 2.45) is 0 Å². The van der Waals surface area contributed by atoms with Crippen LogP contribution >= 0.6 is 11.3 Å². The van der Waals surface area contributed by atoms with Gasteiger partial charge in [-0.15, -0.1) is 11.3 Å². The lowest BCUT2D eigenvalue weighted by atomic mass is 10.1. The van der Waals surface area contributed by atoms with Crippen molar-refractivity contribution in [2.75, 3.05) is 6.54 Å². The summed E-state index contributed by atoms with van der Waals surface area (Å²) in [5.41, 5.74) is 1.98. The van der Waals surface area contributed by atoms with Crippen molar-refractivity contribution >= 4 is 17.2 Å². The van der Waals surface area contributed by atoms with E-state index in [1.807, 2.05) is 47.7 Å². The van der Waals surface area contributed by atoms with Gasteiger partial charge in [0, 0.05) is 36.1 Å². The standard InChI is InChI=1S/C16H18N2OS/c1-12-2-4-13(5-3-12)16(19)18(14-6-7-14)10-8-15-17-9-11-20-15/h2-5,9,11,14H,6-8,10H2,1H3. The predicted molar refractivity (Wildman–Crippen MR) is 81.1 cm³/mol. The van der Waals surface area contributed by atoms with Crippen molar-refractivity contribution in [3.8, 4) is 0 Å². The number of rotatable bonds is 5. The highest BCUT2D eigenvalue weighted by Crippen LogP contribution is 2.28. The molecule has 4 heteroatoms. The molecule has 3 nitrogen and oxygen atoms in total. The van der Waals surface area contributed by atoms with Gasteiger partial charge in [0.05, 0.1) is 5.01 Å². The van der Waals surface area contributed by atoms with Gasteiger partial charge in [0.25, 0.3) is 5.91 Å². The minimum atomic E-state index is 0.157. The molecular weight excluding hydrogens is 268 g/mol. The van der Waals surface area contributed by atoms with E-state index in [2.05, 4.69) is 4.98 Å². The minimum Gasteiger partial charge on any atom is -0.335 e. The second-order valence-electron chi connectivity index (χ2n) is 5.27. The molecule has 104 valence electrons. The molecule has 0 unspecified atom stereocenters. The molecule has 1 saturated carbocycles. The van der Waals surface area contributed by atoms with Gasteiger partial charge in [0.2, 0.25) is 0 Å². The van der Waals surface area contributed by atoms with E-state index in [9.17, 15) is 4.79 Å². The van der Waals surface area contributed by atoms with Crippen LogP contribution in [0.5, 0.6) is 0 Å². The summed E-state index contributed by atoms with van der Waals surface area (Å²) in [5, 5.41) is 3.09. The van der Waals surface area contributed by atoms with Gasteiger partial charge in [0.1, 0.15) is 0 Å². The maximum atomic E-state index is 12.6. The summed E-state index contributed by atoms with van der Waals surface area (Å²) >= 11 is 1.66. The van der Waals surface area contributed by atoms with Gasteiger partial charge in [-0.2, -0.15) is 0 Å². The number of nitrogens with zero attached hydrogens (tertiary/aromatic N) is 2. The van der Waals surface area contributed by atoms with Crippen LogP contribution in [-0.4, -0.2) is 28.4 Å². The lowest BCUT2D eigenvalue weighted by Crippen LogP contribution is -2.34. The van der Waals surface area contributed by atoms with Gasteiger partial charge >= 0.3 is 0 Å². The molecule has 0 bridgehead atoms. The third-order valence-electron chi connectivity index (χ3n) is 3.60. The summed E-state index contributed by atoms with van der Waals surface area (Å²) in [4.78, 5) is 18.9. The van der Waals surface area contributed by atoms with Crippen molar-refractivity contribution in [3.63, 3.8) is 0 Å². The lowest BCUT2D eigenvalue weighted by molar-refractivity contribution is 0.0745. The Hall–Kier alpha value is -1.68. The number of thiazole rings is 1. The van der Waals surface area contributed by atoms with Crippen LogP contribution in [0.3, 0.4) is 0 Å². The number of benzene rings is 1. The molecule has 1 heterocycles.